The summed E-state index contributed by atoms with van der Waals surface area (Å²) in [7, 11) is 0. The van der Waals surface area contributed by atoms with Crippen LogP contribution in [0, 0.1) is 8.99 Å². The summed E-state index contributed by atoms with van der Waals surface area (Å²) in [6.07, 6.45) is 7.22. The molecule has 1 aromatic rings. The summed E-state index contributed by atoms with van der Waals surface area (Å²) in [4.78, 5) is 2.62. The molecule has 3 heteroatoms. The van der Waals surface area contributed by atoms with Crippen LogP contribution in [0.2, 0.25) is 0 Å². The van der Waals surface area contributed by atoms with E-state index in [1.54, 1.807) is 0 Å². The smallest absolute Gasteiger partial charge is 0.0327 e. The predicted octanol–water partition coefficient (Wildman–Crippen LogP) is 3.64. The van der Waals surface area contributed by atoms with Crippen molar-refractivity contribution in [2.45, 2.75) is 38.6 Å². The molecule has 2 nitrogen and oxygen atoms in total. The summed E-state index contributed by atoms with van der Waals surface area (Å²) >= 11 is 2.35. The van der Waals surface area contributed by atoms with Gasteiger partial charge in [0.2, 0.25) is 0 Å². The van der Waals surface area contributed by atoms with E-state index in [1.165, 1.54) is 54.3 Å². The fraction of sp³-hybridized carbons (Fsp3) is 0.600. The van der Waals surface area contributed by atoms with E-state index in [0.29, 0.717) is 5.41 Å². The van der Waals surface area contributed by atoms with Crippen LogP contribution in [0.4, 0.5) is 5.69 Å². The Hall–Kier alpha value is -0.290. The molecule has 18 heavy (non-hydrogen) atoms. The number of anilines is 1. The van der Waals surface area contributed by atoms with Gasteiger partial charge in [0.1, 0.15) is 0 Å². The van der Waals surface area contributed by atoms with Gasteiger partial charge in [-0.15, -0.1) is 0 Å². The van der Waals surface area contributed by atoms with E-state index in [0.717, 1.165) is 12.2 Å². The zero-order chi connectivity index (χ0) is 12.6. The molecule has 98 valence electrons. The zero-order valence-electron chi connectivity index (χ0n) is 10.8. The van der Waals surface area contributed by atoms with Gasteiger partial charge in [-0.3, -0.25) is 4.90 Å². The predicted molar refractivity (Wildman–Crippen MR) is 84.4 cm³/mol. The third-order valence-corrected chi connectivity index (χ3v) is 5.19. The average molecular weight is 356 g/mol. The van der Waals surface area contributed by atoms with Crippen LogP contribution in [0.25, 0.3) is 0 Å². The second-order valence-corrected chi connectivity index (χ2v) is 7.31. The number of nitrogen functional groups attached to an aromatic ring is 1. The second-order valence-electron chi connectivity index (χ2n) is 6.06. The number of rotatable bonds is 2. The van der Waals surface area contributed by atoms with Gasteiger partial charge in [0.05, 0.1) is 0 Å². The molecule has 2 fully saturated rings. The average Bonchev–Trinajstić information content (AvgIpc) is 2.89. The highest BCUT2D eigenvalue weighted by molar-refractivity contribution is 14.1. The topological polar surface area (TPSA) is 29.3 Å². The van der Waals surface area contributed by atoms with Crippen molar-refractivity contribution in [1.82, 2.24) is 4.90 Å². The second kappa shape index (κ2) is 5.00. The largest absolute Gasteiger partial charge is 0.399 e. The number of halogens is 1. The molecule has 1 aromatic carbocycles. The molecule has 1 aliphatic carbocycles. The minimum atomic E-state index is 0.674. The number of hydrogen-bond acceptors (Lipinski definition) is 2. The minimum Gasteiger partial charge on any atom is -0.399 e. The fourth-order valence-corrected chi connectivity index (χ4v) is 4.48. The van der Waals surface area contributed by atoms with E-state index in [9.17, 15) is 0 Å². The number of nitrogens with two attached hydrogens (primary N) is 1. The molecule has 0 radical (unpaired) electrons. The Balaban J connectivity index is 1.67. The number of benzene rings is 1. The van der Waals surface area contributed by atoms with Crippen molar-refractivity contribution in [3.8, 4) is 0 Å². The molecule has 1 saturated heterocycles. The maximum absolute atomic E-state index is 5.93. The zero-order valence-corrected chi connectivity index (χ0v) is 12.9. The maximum Gasteiger partial charge on any atom is 0.0327 e. The highest BCUT2D eigenvalue weighted by Crippen LogP contribution is 2.45. The van der Waals surface area contributed by atoms with Crippen molar-refractivity contribution < 1.29 is 0 Å². The Bertz CT molecular complexity index is 418. The van der Waals surface area contributed by atoms with E-state index < -0.39 is 0 Å². The molecule has 1 aliphatic heterocycles. The van der Waals surface area contributed by atoms with Crippen molar-refractivity contribution in [3.63, 3.8) is 0 Å². The van der Waals surface area contributed by atoms with E-state index in [4.69, 9.17) is 5.73 Å². The lowest BCUT2D eigenvalue weighted by molar-refractivity contribution is 0.256. The van der Waals surface area contributed by atoms with Crippen molar-refractivity contribution in [3.05, 3.63) is 27.3 Å². The first-order valence-electron chi connectivity index (χ1n) is 6.93. The normalized spacial score (nSPS) is 22.9. The van der Waals surface area contributed by atoms with Crippen LogP contribution in [0.15, 0.2) is 18.2 Å². The molecular weight excluding hydrogens is 335 g/mol. The Morgan fingerprint density at radius 3 is 2.67 bits per heavy atom. The van der Waals surface area contributed by atoms with Gasteiger partial charge in [-0.05, 0) is 77.6 Å². The van der Waals surface area contributed by atoms with Crippen molar-refractivity contribution >= 4 is 28.3 Å². The van der Waals surface area contributed by atoms with Gasteiger partial charge in [-0.25, -0.2) is 0 Å². The van der Waals surface area contributed by atoms with Gasteiger partial charge in [0.25, 0.3) is 0 Å². The molecule has 0 aromatic heterocycles. The molecule has 1 heterocycles. The maximum atomic E-state index is 5.93. The van der Waals surface area contributed by atoms with Crippen LogP contribution < -0.4 is 5.73 Å². The van der Waals surface area contributed by atoms with Crippen LogP contribution in [0.1, 0.15) is 37.7 Å². The van der Waals surface area contributed by atoms with Crippen LogP contribution >= 0.6 is 22.6 Å². The third-order valence-electron chi connectivity index (χ3n) is 4.57. The Morgan fingerprint density at radius 2 is 1.94 bits per heavy atom. The summed E-state index contributed by atoms with van der Waals surface area (Å²) in [6, 6.07) is 6.42. The lowest BCUT2D eigenvalue weighted by Crippen LogP contribution is -2.24. The first kappa shape index (κ1) is 12.7. The quantitative estimate of drug-likeness (QED) is 0.648. The SMILES string of the molecule is Nc1cc(I)cc(CN2CCC3(CCCC3)C2)c1. The Morgan fingerprint density at radius 1 is 1.17 bits per heavy atom. The number of nitrogens with zero attached hydrogens (tertiary/aromatic N) is 1. The fourth-order valence-electron chi connectivity index (χ4n) is 3.72. The third kappa shape index (κ3) is 2.67. The van der Waals surface area contributed by atoms with Gasteiger partial charge in [-0.1, -0.05) is 12.8 Å². The molecule has 1 spiro atoms. The summed E-state index contributed by atoms with van der Waals surface area (Å²) in [5, 5.41) is 0. The minimum absolute atomic E-state index is 0.674. The lowest BCUT2D eigenvalue weighted by Gasteiger charge is -2.23. The van der Waals surface area contributed by atoms with E-state index in [1.807, 2.05) is 6.07 Å². The van der Waals surface area contributed by atoms with Crippen LogP contribution in [0.5, 0.6) is 0 Å². The molecule has 3 rings (SSSR count). The molecular formula is C15H21IN2. The molecule has 2 N–H and O–H groups in total. The Kier molecular flexibility index (Phi) is 3.54. The summed E-state index contributed by atoms with van der Waals surface area (Å²) in [5.74, 6) is 0. The first-order valence-corrected chi connectivity index (χ1v) is 8.00. The van der Waals surface area contributed by atoms with Gasteiger partial charge >= 0.3 is 0 Å². The summed E-state index contributed by atoms with van der Waals surface area (Å²) in [5.41, 5.74) is 8.87. The highest BCUT2D eigenvalue weighted by Gasteiger charge is 2.39. The van der Waals surface area contributed by atoms with Crippen molar-refractivity contribution in [2.24, 2.45) is 5.41 Å². The summed E-state index contributed by atoms with van der Waals surface area (Å²) < 4.78 is 1.25. The lowest BCUT2D eigenvalue weighted by atomic mass is 9.86. The van der Waals surface area contributed by atoms with Crippen LogP contribution in [-0.4, -0.2) is 18.0 Å². The van der Waals surface area contributed by atoms with Crippen molar-refractivity contribution in [1.29, 1.82) is 0 Å². The van der Waals surface area contributed by atoms with Gasteiger partial charge < -0.3 is 5.73 Å². The van der Waals surface area contributed by atoms with E-state index in [-0.39, 0.29) is 0 Å². The van der Waals surface area contributed by atoms with Gasteiger partial charge in [0, 0.05) is 22.3 Å². The van der Waals surface area contributed by atoms with Crippen LogP contribution in [-0.2, 0) is 6.54 Å². The number of likely N-dealkylation sites (tertiary alicyclic amines) is 1. The Labute approximate surface area is 123 Å². The monoisotopic (exact) mass is 356 g/mol. The molecule has 1 saturated carbocycles. The number of hydrogen-bond donors (Lipinski definition) is 1. The summed E-state index contributed by atoms with van der Waals surface area (Å²) in [6.45, 7) is 3.65. The van der Waals surface area contributed by atoms with Crippen molar-refractivity contribution in [2.75, 3.05) is 18.8 Å². The molecule has 0 bridgehead atoms. The van der Waals surface area contributed by atoms with E-state index >= 15 is 0 Å². The standard InChI is InChI=1S/C15H21IN2/c16-13-7-12(8-14(17)9-13)10-18-6-5-15(11-18)3-1-2-4-15/h7-9H,1-6,10-11,17H2. The molecule has 0 amide bonds. The van der Waals surface area contributed by atoms with Gasteiger partial charge in [-0.2, -0.15) is 0 Å². The molecule has 0 atom stereocenters. The van der Waals surface area contributed by atoms with Gasteiger partial charge in [0.15, 0.2) is 0 Å². The first-order chi connectivity index (χ1) is 8.65. The van der Waals surface area contributed by atoms with Crippen LogP contribution in [0.3, 0.4) is 0 Å². The molecule has 2 aliphatic rings. The highest BCUT2D eigenvalue weighted by atomic mass is 127. The molecule has 0 unspecified atom stereocenters. The van der Waals surface area contributed by atoms with E-state index in [2.05, 4.69) is 39.6 Å².